The van der Waals surface area contributed by atoms with E-state index in [9.17, 15) is 9.59 Å². The van der Waals surface area contributed by atoms with Gasteiger partial charge in [0.2, 0.25) is 5.91 Å². The predicted octanol–water partition coefficient (Wildman–Crippen LogP) is 3.12. The summed E-state index contributed by atoms with van der Waals surface area (Å²) in [7, 11) is 0. The first-order valence-corrected chi connectivity index (χ1v) is 9.93. The van der Waals surface area contributed by atoms with Crippen LogP contribution in [0.25, 0.3) is 17.1 Å². The predicted molar refractivity (Wildman–Crippen MR) is 109 cm³/mol. The molecule has 0 spiro atoms. The molecule has 1 aliphatic rings. The Labute approximate surface area is 169 Å². The Morgan fingerprint density at radius 2 is 2.03 bits per heavy atom. The lowest BCUT2D eigenvalue weighted by atomic mass is 9.97. The van der Waals surface area contributed by atoms with Crippen molar-refractivity contribution in [2.45, 2.75) is 19.8 Å². The molecule has 1 N–H and O–H groups in total. The first-order chi connectivity index (χ1) is 14.2. The minimum Gasteiger partial charge on any atom is -0.463 e. The van der Waals surface area contributed by atoms with Crippen molar-refractivity contribution in [3.05, 3.63) is 60.5 Å². The number of piperidine rings is 1. The largest absolute Gasteiger partial charge is 0.463 e. The molecule has 1 aromatic carbocycles. The molecule has 3 heterocycles. The first-order valence-electron chi connectivity index (χ1n) is 9.93. The minimum absolute atomic E-state index is 0.0119. The smallest absolute Gasteiger partial charge is 0.272 e. The van der Waals surface area contributed by atoms with Crippen LogP contribution in [0.2, 0.25) is 0 Å². The van der Waals surface area contributed by atoms with E-state index in [1.54, 1.807) is 28.0 Å². The number of hydrogen-bond acceptors (Lipinski definition) is 4. The second-order valence-corrected chi connectivity index (χ2v) is 7.12. The number of carbonyl (C=O) groups is 2. The van der Waals surface area contributed by atoms with Crippen LogP contribution in [0.1, 0.15) is 30.3 Å². The zero-order chi connectivity index (χ0) is 20.2. The normalized spacial score (nSPS) is 16.6. The number of amides is 2. The summed E-state index contributed by atoms with van der Waals surface area (Å²) in [5.74, 6) is 0.309. The topological polar surface area (TPSA) is 80.4 Å². The Morgan fingerprint density at radius 3 is 2.76 bits per heavy atom. The van der Waals surface area contributed by atoms with E-state index in [1.807, 2.05) is 43.3 Å². The number of furan rings is 1. The summed E-state index contributed by atoms with van der Waals surface area (Å²) in [6, 6.07) is 14.9. The lowest BCUT2D eigenvalue weighted by Crippen LogP contribution is -2.45. The second-order valence-electron chi connectivity index (χ2n) is 7.12. The molecule has 1 unspecified atom stereocenters. The van der Waals surface area contributed by atoms with Gasteiger partial charge < -0.3 is 14.6 Å². The van der Waals surface area contributed by atoms with E-state index in [4.69, 9.17) is 4.42 Å². The van der Waals surface area contributed by atoms with Gasteiger partial charge in [-0.25, -0.2) is 4.68 Å². The molecule has 0 aliphatic carbocycles. The monoisotopic (exact) mass is 392 g/mol. The standard InChI is InChI=1S/C22H24N4O3/c1-2-23-21(27)16-8-6-12-25(15-16)22(28)19-14-18(20-11-7-13-29-20)24-26(19)17-9-4-3-5-10-17/h3-5,7,9-11,13-14,16H,2,6,8,12,15H2,1H3,(H,23,27). The van der Waals surface area contributed by atoms with Crippen molar-refractivity contribution in [1.82, 2.24) is 20.0 Å². The lowest BCUT2D eigenvalue weighted by Gasteiger charge is -2.32. The minimum atomic E-state index is -0.176. The molecular formula is C22H24N4O3. The van der Waals surface area contributed by atoms with E-state index in [-0.39, 0.29) is 17.7 Å². The van der Waals surface area contributed by atoms with Gasteiger partial charge in [0, 0.05) is 25.7 Å². The van der Waals surface area contributed by atoms with E-state index < -0.39 is 0 Å². The maximum absolute atomic E-state index is 13.4. The number of aromatic nitrogens is 2. The van der Waals surface area contributed by atoms with Gasteiger partial charge in [-0.1, -0.05) is 18.2 Å². The molecule has 1 fully saturated rings. The fourth-order valence-electron chi connectivity index (χ4n) is 3.70. The number of likely N-dealkylation sites (tertiary alicyclic amines) is 1. The van der Waals surface area contributed by atoms with Gasteiger partial charge in [0.05, 0.1) is 17.9 Å². The molecule has 1 saturated heterocycles. The molecule has 7 heteroatoms. The molecule has 1 aliphatic heterocycles. The molecule has 3 aromatic rings. The van der Waals surface area contributed by atoms with Gasteiger partial charge in [-0.3, -0.25) is 9.59 Å². The summed E-state index contributed by atoms with van der Waals surface area (Å²) in [5.41, 5.74) is 1.85. The van der Waals surface area contributed by atoms with E-state index in [0.717, 1.165) is 18.5 Å². The van der Waals surface area contributed by atoms with Crippen LogP contribution in [0, 0.1) is 5.92 Å². The number of para-hydroxylation sites is 1. The zero-order valence-electron chi connectivity index (χ0n) is 16.4. The van der Waals surface area contributed by atoms with Gasteiger partial charge in [-0.05, 0) is 44.0 Å². The highest BCUT2D eigenvalue weighted by molar-refractivity contribution is 5.94. The second kappa shape index (κ2) is 8.34. The molecule has 0 bridgehead atoms. The van der Waals surface area contributed by atoms with Crippen molar-refractivity contribution >= 4 is 11.8 Å². The molecule has 0 radical (unpaired) electrons. The maximum atomic E-state index is 13.4. The van der Waals surface area contributed by atoms with Crippen molar-refractivity contribution in [1.29, 1.82) is 0 Å². The van der Waals surface area contributed by atoms with Crippen molar-refractivity contribution in [3.8, 4) is 17.1 Å². The van der Waals surface area contributed by atoms with Gasteiger partial charge in [-0.2, -0.15) is 5.10 Å². The summed E-state index contributed by atoms with van der Waals surface area (Å²) in [6.45, 7) is 3.54. The SMILES string of the molecule is CCNC(=O)C1CCCN(C(=O)c2cc(-c3ccco3)nn2-c2ccccc2)C1. The summed E-state index contributed by atoms with van der Waals surface area (Å²) in [5, 5.41) is 7.49. The number of hydrogen-bond donors (Lipinski definition) is 1. The van der Waals surface area contributed by atoms with Crippen LogP contribution in [-0.2, 0) is 4.79 Å². The number of rotatable bonds is 5. The Kier molecular flexibility index (Phi) is 5.46. The van der Waals surface area contributed by atoms with Crippen LogP contribution >= 0.6 is 0 Å². The van der Waals surface area contributed by atoms with Crippen molar-refractivity contribution in [3.63, 3.8) is 0 Å². The van der Waals surface area contributed by atoms with E-state index in [0.29, 0.717) is 36.8 Å². The van der Waals surface area contributed by atoms with E-state index in [2.05, 4.69) is 10.4 Å². The number of carbonyl (C=O) groups excluding carboxylic acids is 2. The van der Waals surface area contributed by atoms with Gasteiger partial charge in [0.1, 0.15) is 11.4 Å². The molecule has 150 valence electrons. The van der Waals surface area contributed by atoms with Crippen LogP contribution in [0.5, 0.6) is 0 Å². The maximum Gasteiger partial charge on any atom is 0.272 e. The fourth-order valence-corrected chi connectivity index (χ4v) is 3.70. The summed E-state index contributed by atoms with van der Waals surface area (Å²) in [6.07, 6.45) is 3.18. The Bertz CT molecular complexity index is 979. The van der Waals surface area contributed by atoms with Gasteiger partial charge in [0.25, 0.3) is 5.91 Å². The Morgan fingerprint density at radius 1 is 1.21 bits per heavy atom. The third-order valence-electron chi connectivity index (χ3n) is 5.13. The lowest BCUT2D eigenvalue weighted by molar-refractivity contribution is -0.126. The Balaban J connectivity index is 1.66. The quantitative estimate of drug-likeness (QED) is 0.723. The van der Waals surface area contributed by atoms with Gasteiger partial charge >= 0.3 is 0 Å². The highest BCUT2D eigenvalue weighted by Gasteiger charge is 2.31. The van der Waals surface area contributed by atoms with Crippen LogP contribution in [0.3, 0.4) is 0 Å². The van der Waals surface area contributed by atoms with Crippen LogP contribution < -0.4 is 5.32 Å². The van der Waals surface area contributed by atoms with E-state index >= 15 is 0 Å². The van der Waals surface area contributed by atoms with Crippen molar-refractivity contribution < 1.29 is 14.0 Å². The zero-order valence-corrected chi connectivity index (χ0v) is 16.4. The fraction of sp³-hybridized carbons (Fsp3) is 0.318. The number of nitrogens with zero attached hydrogens (tertiary/aromatic N) is 3. The molecule has 1 atom stereocenters. The van der Waals surface area contributed by atoms with Crippen LogP contribution in [0.4, 0.5) is 0 Å². The van der Waals surface area contributed by atoms with E-state index in [1.165, 1.54) is 0 Å². The average Bonchev–Trinajstić information content (AvgIpc) is 3.44. The molecule has 2 aromatic heterocycles. The molecule has 29 heavy (non-hydrogen) atoms. The molecule has 4 rings (SSSR count). The van der Waals surface area contributed by atoms with Crippen molar-refractivity contribution in [2.24, 2.45) is 5.92 Å². The van der Waals surface area contributed by atoms with Gasteiger partial charge in [-0.15, -0.1) is 0 Å². The summed E-state index contributed by atoms with van der Waals surface area (Å²) >= 11 is 0. The molecule has 0 saturated carbocycles. The van der Waals surface area contributed by atoms with Crippen LogP contribution in [0.15, 0.2) is 59.2 Å². The average molecular weight is 392 g/mol. The molecule has 7 nitrogen and oxygen atoms in total. The van der Waals surface area contributed by atoms with Gasteiger partial charge in [0.15, 0.2) is 5.76 Å². The summed E-state index contributed by atoms with van der Waals surface area (Å²) in [4.78, 5) is 27.4. The Hall–Kier alpha value is -3.35. The highest BCUT2D eigenvalue weighted by atomic mass is 16.3. The van der Waals surface area contributed by atoms with Crippen LogP contribution in [-0.4, -0.2) is 46.1 Å². The molecular weight excluding hydrogens is 368 g/mol. The third-order valence-corrected chi connectivity index (χ3v) is 5.13. The third kappa shape index (κ3) is 3.94. The molecule has 2 amide bonds. The first kappa shape index (κ1) is 19.0. The number of benzene rings is 1. The number of nitrogens with one attached hydrogen (secondary N) is 1. The summed E-state index contributed by atoms with van der Waals surface area (Å²) < 4.78 is 7.12. The van der Waals surface area contributed by atoms with Crippen molar-refractivity contribution in [2.75, 3.05) is 19.6 Å². The highest BCUT2D eigenvalue weighted by Crippen LogP contribution is 2.25.